The summed E-state index contributed by atoms with van der Waals surface area (Å²) in [4.78, 5) is 0. The first-order valence-corrected chi connectivity index (χ1v) is 6.44. The van der Waals surface area contributed by atoms with Crippen LogP contribution in [0.2, 0.25) is 0 Å². The predicted molar refractivity (Wildman–Crippen MR) is 72.3 cm³/mol. The Kier molecular flexibility index (Phi) is 3.46. The number of rotatable bonds is 3. The third-order valence-corrected chi connectivity index (χ3v) is 3.41. The molecule has 0 aliphatic heterocycles. The molecule has 0 saturated heterocycles. The molecule has 0 aliphatic rings. The molecule has 0 aliphatic carbocycles. The number of hydrogen-bond acceptors (Lipinski definition) is 3. The van der Waals surface area contributed by atoms with Crippen molar-refractivity contribution in [2.75, 3.05) is 5.32 Å². The highest BCUT2D eigenvalue weighted by molar-refractivity contribution is 7.07. The SMILES string of the molecule is Cc1ccc(C#N)c(NC(C)c2ccsc2)c1. The quantitative estimate of drug-likeness (QED) is 0.879. The van der Waals surface area contributed by atoms with E-state index in [0.29, 0.717) is 5.56 Å². The van der Waals surface area contributed by atoms with Gasteiger partial charge in [-0.3, -0.25) is 0 Å². The highest BCUT2D eigenvalue weighted by Crippen LogP contribution is 2.24. The lowest BCUT2D eigenvalue weighted by atomic mass is 10.1. The second-order valence-electron chi connectivity index (χ2n) is 4.08. The zero-order valence-electron chi connectivity index (χ0n) is 9.90. The Morgan fingerprint density at radius 3 is 2.82 bits per heavy atom. The first-order chi connectivity index (χ1) is 8.20. The van der Waals surface area contributed by atoms with Gasteiger partial charge in [0.2, 0.25) is 0 Å². The van der Waals surface area contributed by atoms with Crippen LogP contribution in [0.1, 0.15) is 29.7 Å². The van der Waals surface area contributed by atoms with Crippen LogP contribution < -0.4 is 5.32 Å². The molecule has 3 heteroatoms. The van der Waals surface area contributed by atoms with Crippen molar-refractivity contribution in [3.8, 4) is 6.07 Å². The van der Waals surface area contributed by atoms with Gasteiger partial charge in [-0.1, -0.05) is 6.07 Å². The smallest absolute Gasteiger partial charge is 0.101 e. The van der Waals surface area contributed by atoms with Crippen LogP contribution in [0.3, 0.4) is 0 Å². The van der Waals surface area contributed by atoms with Gasteiger partial charge in [0.15, 0.2) is 0 Å². The van der Waals surface area contributed by atoms with Crippen LogP contribution in [0, 0.1) is 18.3 Å². The van der Waals surface area contributed by atoms with E-state index in [-0.39, 0.29) is 6.04 Å². The normalized spacial score (nSPS) is 11.8. The number of nitrogens with one attached hydrogen (secondary N) is 1. The van der Waals surface area contributed by atoms with Gasteiger partial charge in [0.25, 0.3) is 0 Å². The highest BCUT2D eigenvalue weighted by atomic mass is 32.1. The number of benzene rings is 1. The molecule has 1 atom stereocenters. The Labute approximate surface area is 106 Å². The third kappa shape index (κ3) is 2.66. The van der Waals surface area contributed by atoms with Gasteiger partial charge in [0.1, 0.15) is 6.07 Å². The first kappa shape index (κ1) is 11.7. The molecule has 1 heterocycles. The van der Waals surface area contributed by atoms with Gasteiger partial charge in [0, 0.05) is 6.04 Å². The van der Waals surface area contributed by atoms with Crippen molar-refractivity contribution in [1.29, 1.82) is 5.26 Å². The molecule has 2 nitrogen and oxygen atoms in total. The van der Waals surface area contributed by atoms with E-state index in [1.165, 1.54) is 5.56 Å². The van der Waals surface area contributed by atoms with Crippen LogP contribution >= 0.6 is 11.3 Å². The van der Waals surface area contributed by atoms with E-state index >= 15 is 0 Å². The summed E-state index contributed by atoms with van der Waals surface area (Å²) in [5, 5.41) is 16.6. The van der Waals surface area contributed by atoms with Crippen molar-refractivity contribution >= 4 is 17.0 Å². The van der Waals surface area contributed by atoms with Gasteiger partial charge in [-0.15, -0.1) is 0 Å². The van der Waals surface area contributed by atoms with Crippen LogP contribution in [-0.4, -0.2) is 0 Å². The average Bonchev–Trinajstić information content (AvgIpc) is 2.83. The molecule has 0 amide bonds. The minimum absolute atomic E-state index is 0.218. The maximum Gasteiger partial charge on any atom is 0.101 e. The molecule has 1 N–H and O–H groups in total. The fourth-order valence-corrected chi connectivity index (χ4v) is 2.47. The Hall–Kier alpha value is -1.79. The third-order valence-electron chi connectivity index (χ3n) is 2.71. The molecule has 17 heavy (non-hydrogen) atoms. The number of hydrogen-bond donors (Lipinski definition) is 1. The van der Waals surface area contributed by atoms with Crippen molar-refractivity contribution in [3.63, 3.8) is 0 Å². The van der Waals surface area contributed by atoms with E-state index in [2.05, 4.69) is 35.1 Å². The monoisotopic (exact) mass is 242 g/mol. The van der Waals surface area contributed by atoms with E-state index in [0.717, 1.165) is 11.3 Å². The van der Waals surface area contributed by atoms with E-state index < -0.39 is 0 Å². The maximum absolute atomic E-state index is 9.06. The molecular weight excluding hydrogens is 228 g/mol. The fraction of sp³-hybridized carbons (Fsp3) is 0.214. The number of anilines is 1. The van der Waals surface area contributed by atoms with Crippen LogP contribution in [0.5, 0.6) is 0 Å². The minimum Gasteiger partial charge on any atom is -0.377 e. The van der Waals surface area contributed by atoms with Crippen molar-refractivity contribution in [2.24, 2.45) is 0 Å². The summed E-state index contributed by atoms with van der Waals surface area (Å²) < 4.78 is 0. The zero-order valence-corrected chi connectivity index (χ0v) is 10.7. The zero-order chi connectivity index (χ0) is 12.3. The molecule has 1 unspecified atom stereocenters. The molecule has 2 rings (SSSR count). The van der Waals surface area contributed by atoms with Crippen molar-refractivity contribution in [3.05, 3.63) is 51.7 Å². The van der Waals surface area contributed by atoms with Gasteiger partial charge in [0.05, 0.1) is 11.3 Å². The second-order valence-corrected chi connectivity index (χ2v) is 4.86. The highest BCUT2D eigenvalue weighted by Gasteiger charge is 2.08. The fourth-order valence-electron chi connectivity index (χ4n) is 1.71. The molecule has 86 valence electrons. The van der Waals surface area contributed by atoms with Crippen LogP contribution in [0.25, 0.3) is 0 Å². The molecule has 2 aromatic rings. The Morgan fingerprint density at radius 1 is 1.35 bits per heavy atom. The molecule has 0 fully saturated rings. The lowest BCUT2D eigenvalue weighted by Gasteiger charge is -2.15. The van der Waals surface area contributed by atoms with Gasteiger partial charge in [-0.25, -0.2) is 0 Å². The Morgan fingerprint density at radius 2 is 2.18 bits per heavy atom. The van der Waals surface area contributed by atoms with Crippen LogP contribution in [0.4, 0.5) is 5.69 Å². The molecule has 1 aromatic heterocycles. The summed E-state index contributed by atoms with van der Waals surface area (Å²) in [7, 11) is 0. The van der Waals surface area contributed by atoms with Gasteiger partial charge >= 0.3 is 0 Å². The Balaban J connectivity index is 2.24. The van der Waals surface area contributed by atoms with Crippen LogP contribution in [0.15, 0.2) is 35.0 Å². The van der Waals surface area contributed by atoms with E-state index in [4.69, 9.17) is 5.26 Å². The Bertz CT molecular complexity index is 538. The summed E-state index contributed by atoms with van der Waals surface area (Å²) in [6.07, 6.45) is 0. The molecular formula is C14H14N2S. The minimum atomic E-state index is 0.218. The molecule has 0 spiro atoms. The number of nitrogens with zero attached hydrogens (tertiary/aromatic N) is 1. The summed E-state index contributed by atoms with van der Waals surface area (Å²) in [6, 6.07) is 10.4. The number of thiophene rings is 1. The summed E-state index contributed by atoms with van der Waals surface area (Å²) in [5.41, 5.74) is 4.01. The maximum atomic E-state index is 9.06. The molecule has 1 aromatic carbocycles. The van der Waals surface area contributed by atoms with E-state index in [1.807, 2.05) is 25.1 Å². The van der Waals surface area contributed by atoms with Crippen molar-refractivity contribution in [2.45, 2.75) is 19.9 Å². The largest absolute Gasteiger partial charge is 0.377 e. The lowest BCUT2D eigenvalue weighted by Crippen LogP contribution is -2.07. The van der Waals surface area contributed by atoms with Crippen LogP contribution in [-0.2, 0) is 0 Å². The summed E-state index contributed by atoms with van der Waals surface area (Å²) >= 11 is 1.69. The number of nitriles is 1. The first-order valence-electron chi connectivity index (χ1n) is 5.50. The van der Waals surface area contributed by atoms with E-state index in [9.17, 15) is 0 Å². The molecule has 0 bridgehead atoms. The topological polar surface area (TPSA) is 35.8 Å². The van der Waals surface area contributed by atoms with Gasteiger partial charge < -0.3 is 5.32 Å². The second kappa shape index (κ2) is 5.03. The van der Waals surface area contributed by atoms with Crippen molar-refractivity contribution < 1.29 is 0 Å². The summed E-state index contributed by atoms with van der Waals surface area (Å²) in [5.74, 6) is 0. The number of aryl methyl sites for hydroxylation is 1. The molecule has 0 saturated carbocycles. The molecule has 0 radical (unpaired) electrons. The standard InChI is InChI=1S/C14H14N2S/c1-10-3-4-12(8-15)14(7-10)16-11(2)13-5-6-17-9-13/h3-7,9,11,16H,1-2H3. The lowest BCUT2D eigenvalue weighted by molar-refractivity contribution is 0.889. The average molecular weight is 242 g/mol. The van der Waals surface area contributed by atoms with E-state index in [1.54, 1.807) is 11.3 Å². The van der Waals surface area contributed by atoms with Crippen molar-refractivity contribution in [1.82, 2.24) is 0 Å². The van der Waals surface area contributed by atoms with Gasteiger partial charge in [-0.2, -0.15) is 16.6 Å². The summed E-state index contributed by atoms with van der Waals surface area (Å²) in [6.45, 7) is 4.13. The van der Waals surface area contributed by atoms with Gasteiger partial charge in [-0.05, 0) is 53.9 Å². The predicted octanol–water partition coefficient (Wildman–Crippen LogP) is 4.10.